The lowest BCUT2D eigenvalue weighted by Crippen LogP contribution is -2.39. The molecule has 1 aliphatic carbocycles. The van der Waals surface area contributed by atoms with E-state index in [0.29, 0.717) is 25.2 Å². The van der Waals surface area contributed by atoms with E-state index in [1.165, 1.54) is 22.7 Å². The van der Waals surface area contributed by atoms with E-state index >= 15 is 0 Å². The minimum Gasteiger partial charge on any atom is -0.351 e. The number of carbonyl (C=O) groups is 1. The molecule has 2 fully saturated rings. The summed E-state index contributed by atoms with van der Waals surface area (Å²) in [6, 6.07) is 16.7. The number of benzene rings is 2. The third-order valence-corrected chi connectivity index (χ3v) is 8.27. The van der Waals surface area contributed by atoms with Crippen molar-refractivity contribution in [3.63, 3.8) is 0 Å². The Morgan fingerprint density at radius 2 is 1.52 bits per heavy atom. The highest BCUT2D eigenvalue weighted by Gasteiger charge is 2.35. The minimum absolute atomic E-state index is 0.00401. The van der Waals surface area contributed by atoms with Crippen LogP contribution in [0.2, 0.25) is 0 Å². The Balaban J connectivity index is 1.45. The summed E-state index contributed by atoms with van der Waals surface area (Å²) >= 11 is 0. The molecule has 1 amide bonds. The highest BCUT2D eigenvalue weighted by Crippen LogP contribution is 2.40. The Labute approximate surface area is 173 Å². The fourth-order valence-corrected chi connectivity index (χ4v) is 6.14. The predicted octanol–water partition coefficient (Wildman–Crippen LogP) is 3.71. The zero-order valence-electron chi connectivity index (χ0n) is 16.6. The topological polar surface area (TPSA) is 66.5 Å². The number of hydrogen-bond acceptors (Lipinski definition) is 3. The first-order valence-corrected chi connectivity index (χ1v) is 11.9. The second kappa shape index (κ2) is 8.28. The predicted molar refractivity (Wildman–Crippen MR) is 113 cm³/mol. The van der Waals surface area contributed by atoms with Crippen molar-refractivity contribution in [1.29, 1.82) is 0 Å². The van der Waals surface area contributed by atoms with Crippen LogP contribution in [-0.4, -0.2) is 38.3 Å². The summed E-state index contributed by atoms with van der Waals surface area (Å²) < 4.78 is 26.8. The SMILES string of the molecule is O=C(NCC1(c2ccccc2)CCCC1)c1ccc(S(=O)(=O)N2CCCC2)cc1. The van der Waals surface area contributed by atoms with Gasteiger partial charge in [0.2, 0.25) is 10.0 Å². The first-order valence-electron chi connectivity index (χ1n) is 10.5. The summed E-state index contributed by atoms with van der Waals surface area (Å²) in [5.41, 5.74) is 1.77. The summed E-state index contributed by atoms with van der Waals surface area (Å²) in [6.45, 7) is 1.75. The number of hydrogen-bond donors (Lipinski definition) is 1. The Kier molecular flexibility index (Phi) is 5.74. The molecule has 0 radical (unpaired) electrons. The summed E-state index contributed by atoms with van der Waals surface area (Å²) in [5, 5.41) is 3.09. The van der Waals surface area contributed by atoms with Gasteiger partial charge in [0, 0.05) is 30.6 Å². The van der Waals surface area contributed by atoms with E-state index in [0.717, 1.165) is 25.7 Å². The lowest BCUT2D eigenvalue weighted by Gasteiger charge is -2.30. The van der Waals surface area contributed by atoms with Crippen LogP contribution in [0.1, 0.15) is 54.4 Å². The quantitative estimate of drug-likeness (QED) is 0.786. The molecule has 2 aliphatic rings. The van der Waals surface area contributed by atoms with Gasteiger partial charge in [-0.15, -0.1) is 0 Å². The molecule has 1 heterocycles. The molecule has 0 spiro atoms. The molecule has 0 bridgehead atoms. The molecule has 1 aliphatic heterocycles. The van der Waals surface area contributed by atoms with E-state index in [1.807, 2.05) is 6.07 Å². The molecule has 29 heavy (non-hydrogen) atoms. The zero-order valence-corrected chi connectivity index (χ0v) is 17.5. The number of rotatable bonds is 6. The molecule has 1 N–H and O–H groups in total. The van der Waals surface area contributed by atoms with Crippen LogP contribution in [0, 0.1) is 0 Å². The molecule has 0 atom stereocenters. The van der Waals surface area contributed by atoms with Gasteiger partial charge in [-0.2, -0.15) is 4.31 Å². The molecule has 4 rings (SSSR count). The van der Waals surface area contributed by atoms with Crippen molar-refractivity contribution in [3.8, 4) is 0 Å². The van der Waals surface area contributed by atoms with E-state index < -0.39 is 10.0 Å². The molecule has 6 heteroatoms. The standard InChI is InChI=1S/C23H28N2O3S/c26-22(24-18-23(14-4-5-15-23)20-8-2-1-3-9-20)19-10-12-21(13-11-19)29(27,28)25-16-6-7-17-25/h1-3,8-13H,4-7,14-18H2,(H,24,26). The Morgan fingerprint density at radius 1 is 0.897 bits per heavy atom. The van der Waals surface area contributed by atoms with Gasteiger partial charge >= 0.3 is 0 Å². The maximum absolute atomic E-state index is 12.7. The van der Waals surface area contributed by atoms with Gasteiger partial charge in [-0.3, -0.25) is 4.79 Å². The van der Waals surface area contributed by atoms with E-state index in [1.54, 1.807) is 24.3 Å². The Hall–Kier alpha value is -2.18. The van der Waals surface area contributed by atoms with E-state index in [9.17, 15) is 13.2 Å². The molecular weight excluding hydrogens is 384 g/mol. The van der Waals surface area contributed by atoms with Crippen molar-refractivity contribution >= 4 is 15.9 Å². The lowest BCUT2D eigenvalue weighted by molar-refractivity contribution is 0.0943. The van der Waals surface area contributed by atoms with Gasteiger partial charge in [0.1, 0.15) is 0 Å². The lowest BCUT2D eigenvalue weighted by atomic mass is 9.79. The summed E-state index contributed by atoms with van der Waals surface area (Å²) in [5.74, 6) is -0.155. The van der Waals surface area contributed by atoms with Crippen LogP contribution < -0.4 is 5.32 Å². The van der Waals surface area contributed by atoms with Crippen LogP contribution in [-0.2, 0) is 15.4 Å². The van der Waals surface area contributed by atoms with Crippen LogP contribution in [0.4, 0.5) is 0 Å². The van der Waals surface area contributed by atoms with Gasteiger partial charge in [-0.25, -0.2) is 8.42 Å². The van der Waals surface area contributed by atoms with Crippen molar-refractivity contribution in [2.24, 2.45) is 0 Å². The third kappa shape index (κ3) is 4.09. The van der Waals surface area contributed by atoms with Crippen molar-refractivity contribution in [2.45, 2.75) is 48.8 Å². The molecular formula is C23H28N2O3S. The second-order valence-corrected chi connectivity index (χ2v) is 10.1. The molecule has 154 valence electrons. The van der Waals surface area contributed by atoms with Crippen molar-refractivity contribution in [3.05, 3.63) is 65.7 Å². The smallest absolute Gasteiger partial charge is 0.251 e. The van der Waals surface area contributed by atoms with Gasteiger partial charge in [-0.1, -0.05) is 43.2 Å². The molecule has 1 saturated carbocycles. The van der Waals surface area contributed by atoms with Crippen LogP contribution >= 0.6 is 0 Å². The molecule has 0 unspecified atom stereocenters. The number of amides is 1. The van der Waals surface area contributed by atoms with Crippen LogP contribution in [0.25, 0.3) is 0 Å². The fourth-order valence-electron chi connectivity index (χ4n) is 4.62. The first kappa shape index (κ1) is 20.1. The largest absolute Gasteiger partial charge is 0.351 e. The molecule has 1 saturated heterocycles. The fraction of sp³-hybridized carbons (Fsp3) is 0.435. The van der Waals surface area contributed by atoms with Gasteiger partial charge in [0.25, 0.3) is 5.91 Å². The maximum atomic E-state index is 12.7. The number of carbonyl (C=O) groups excluding carboxylic acids is 1. The minimum atomic E-state index is -3.45. The van der Waals surface area contributed by atoms with Crippen LogP contribution in [0.3, 0.4) is 0 Å². The average molecular weight is 413 g/mol. The second-order valence-electron chi connectivity index (χ2n) is 8.17. The van der Waals surface area contributed by atoms with E-state index in [2.05, 4.69) is 29.6 Å². The summed E-state index contributed by atoms with van der Waals surface area (Å²) in [6.07, 6.45) is 6.31. The van der Waals surface area contributed by atoms with Crippen molar-refractivity contribution in [1.82, 2.24) is 9.62 Å². The molecule has 0 aromatic heterocycles. The summed E-state index contributed by atoms with van der Waals surface area (Å²) in [7, 11) is -3.45. The van der Waals surface area contributed by atoms with Gasteiger partial charge in [0.15, 0.2) is 0 Å². The summed E-state index contributed by atoms with van der Waals surface area (Å²) in [4.78, 5) is 13.0. The normalized spacial score (nSPS) is 19.3. The number of sulfonamides is 1. The monoisotopic (exact) mass is 412 g/mol. The number of nitrogens with one attached hydrogen (secondary N) is 1. The third-order valence-electron chi connectivity index (χ3n) is 6.35. The zero-order chi connectivity index (χ0) is 20.3. The first-order chi connectivity index (χ1) is 14.0. The van der Waals surface area contributed by atoms with Crippen LogP contribution in [0.5, 0.6) is 0 Å². The van der Waals surface area contributed by atoms with Crippen LogP contribution in [0.15, 0.2) is 59.5 Å². The van der Waals surface area contributed by atoms with Gasteiger partial charge < -0.3 is 5.32 Å². The van der Waals surface area contributed by atoms with Crippen molar-refractivity contribution in [2.75, 3.05) is 19.6 Å². The van der Waals surface area contributed by atoms with Gasteiger partial charge in [0.05, 0.1) is 4.90 Å². The molecule has 2 aromatic rings. The van der Waals surface area contributed by atoms with Gasteiger partial charge in [-0.05, 0) is 55.5 Å². The average Bonchev–Trinajstić information content (AvgIpc) is 3.46. The highest BCUT2D eigenvalue weighted by atomic mass is 32.2. The van der Waals surface area contributed by atoms with E-state index in [-0.39, 0.29) is 16.2 Å². The highest BCUT2D eigenvalue weighted by molar-refractivity contribution is 7.89. The number of nitrogens with zero attached hydrogens (tertiary/aromatic N) is 1. The van der Waals surface area contributed by atoms with Crippen molar-refractivity contribution < 1.29 is 13.2 Å². The molecule has 2 aromatic carbocycles. The Morgan fingerprint density at radius 3 is 2.14 bits per heavy atom. The van der Waals surface area contributed by atoms with E-state index in [4.69, 9.17) is 0 Å². The Bertz CT molecular complexity index is 943. The molecule has 5 nitrogen and oxygen atoms in total. The maximum Gasteiger partial charge on any atom is 0.251 e.